The minimum Gasteiger partial charge on any atom is -0.305 e. The number of benzene rings is 1. The molecule has 0 radical (unpaired) electrons. The molecule has 0 heterocycles. The van der Waals surface area contributed by atoms with Crippen molar-refractivity contribution in [3.63, 3.8) is 0 Å². The first-order valence-electron chi connectivity index (χ1n) is 4.34. The van der Waals surface area contributed by atoms with Crippen molar-refractivity contribution in [1.82, 2.24) is 0 Å². The number of hydrogen-bond acceptors (Lipinski definition) is 0. The number of nitrogens with zero attached hydrogens (tertiary/aromatic N) is 1. The second kappa shape index (κ2) is 2.85. The summed E-state index contributed by atoms with van der Waals surface area (Å²) in [5.41, 5.74) is 0.928. The van der Waals surface area contributed by atoms with Crippen molar-refractivity contribution in [2.75, 3.05) is 0 Å². The summed E-state index contributed by atoms with van der Waals surface area (Å²) in [6.45, 7) is 9.37. The standard InChI is InChI=1S/C11H10BrN/c1-8-7-11(8,13-2)9-5-3-4-6-10(9)12/h3-6,8H,7H2,1H3. The molecular formula is C11H10BrN. The molecule has 2 heteroatoms. The molecule has 1 saturated carbocycles. The van der Waals surface area contributed by atoms with Crippen molar-refractivity contribution in [3.05, 3.63) is 45.7 Å². The molecule has 66 valence electrons. The molecule has 1 aliphatic carbocycles. The lowest BCUT2D eigenvalue weighted by Gasteiger charge is -2.05. The summed E-state index contributed by atoms with van der Waals surface area (Å²) in [5.74, 6) is 0.503. The highest BCUT2D eigenvalue weighted by Gasteiger charge is 2.61. The number of halogens is 1. The second-order valence-electron chi connectivity index (χ2n) is 3.62. The maximum absolute atomic E-state index is 7.24. The van der Waals surface area contributed by atoms with Crippen LogP contribution in [0.15, 0.2) is 28.7 Å². The molecule has 0 aliphatic heterocycles. The van der Waals surface area contributed by atoms with Gasteiger partial charge in [0.05, 0.1) is 5.56 Å². The lowest BCUT2D eigenvalue weighted by molar-refractivity contribution is 0.769. The molecule has 0 saturated heterocycles. The van der Waals surface area contributed by atoms with Crippen molar-refractivity contribution in [3.8, 4) is 0 Å². The molecule has 0 spiro atoms. The third-order valence-corrected chi connectivity index (χ3v) is 3.50. The van der Waals surface area contributed by atoms with Crippen LogP contribution in [0, 0.1) is 12.5 Å². The fourth-order valence-corrected chi connectivity index (χ4v) is 2.44. The Morgan fingerprint density at radius 1 is 1.54 bits per heavy atom. The van der Waals surface area contributed by atoms with Crippen molar-refractivity contribution in [2.24, 2.45) is 5.92 Å². The highest BCUT2D eigenvalue weighted by atomic mass is 79.9. The number of rotatable bonds is 1. The molecule has 1 aromatic carbocycles. The quantitative estimate of drug-likeness (QED) is 0.656. The SMILES string of the molecule is [C-]#[N+]C1(c2ccccc2Br)CC1C. The Labute approximate surface area is 86.7 Å². The third-order valence-electron chi connectivity index (χ3n) is 2.81. The summed E-state index contributed by atoms with van der Waals surface area (Å²) in [7, 11) is 0. The fraction of sp³-hybridized carbons (Fsp3) is 0.364. The molecule has 2 rings (SSSR count). The van der Waals surface area contributed by atoms with Crippen molar-refractivity contribution < 1.29 is 0 Å². The van der Waals surface area contributed by atoms with E-state index in [2.05, 4.69) is 27.7 Å². The first kappa shape index (κ1) is 8.77. The summed E-state index contributed by atoms with van der Waals surface area (Å²) >= 11 is 3.50. The van der Waals surface area contributed by atoms with Gasteiger partial charge >= 0.3 is 0 Å². The average Bonchev–Trinajstić information content (AvgIpc) is 2.79. The first-order valence-corrected chi connectivity index (χ1v) is 5.13. The Hall–Kier alpha value is -0.810. The van der Waals surface area contributed by atoms with Gasteiger partial charge < -0.3 is 4.85 Å². The van der Waals surface area contributed by atoms with Crippen LogP contribution >= 0.6 is 15.9 Å². The van der Waals surface area contributed by atoms with Gasteiger partial charge in [-0.05, 0) is 12.1 Å². The van der Waals surface area contributed by atoms with Gasteiger partial charge in [0.1, 0.15) is 0 Å². The topological polar surface area (TPSA) is 4.36 Å². The Kier molecular flexibility index (Phi) is 1.92. The predicted molar refractivity (Wildman–Crippen MR) is 56.2 cm³/mol. The molecule has 13 heavy (non-hydrogen) atoms. The van der Waals surface area contributed by atoms with Crippen LogP contribution < -0.4 is 0 Å². The van der Waals surface area contributed by atoms with E-state index in [1.165, 1.54) is 0 Å². The average molecular weight is 236 g/mol. The molecule has 1 aliphatic rings. The van der Waals surface area contributed by atoms with E-state index in [0.29, 0.717) is 5.92 Å². The Morgan fingerprint density at radius 3 is 2.62 bits per heavy atom. The van der Waals surface area contributed by atoms with E-state index < -0.39 is 0 Å². The minimum absolute atomic E-state index is 0.222. The van der Waals surface area contributed by atoms with E-state index in [0.717, 1.165) is 16.5 Å². The van der Waals surface area contributed by atoms with Crippen LogP contribution in [-0.4, -0.2) is 0 Å². The minimum atomic E-state index is -0.222. The molecule has 2 unspecified atom stereocenters. The molecule has 0 bridgehead atoms. The summed E-state index contributed by atoms with van der Waals surface area (Å²) in [5, 5.41) is 0. The normalized spacial score (nSPS) is 31.0. The smallest absolute Gasteiger partial charge is 0.262 e. The van der Waals surface area contributed by atoms with E-state index in [-0.39, 0.29) is 5.54 Å². The van der Waals surface area contributed by atoms with Crippen LogP contribution in [0.1, 0.15) is 18.9 Å². The monoisotopic (exact) mass is 235 g/mol. The van der Waals surface area contributed by atoms with Gasteiger partial charge in [0.25, 0.3) is 5.54 Å². The molecule has 2 atom stereocenters. The summed E-state index contributed by atoms with van der Waals surface area (Å²) in [6, 6.07) is 8.04. The van der Waals surface area contributed by atoms with Crippen LogP contribution in [0.4, 0.5) is 0 Å². The van der Waals surface area contributed by atoms with E-state index in [9.17, 15) is 0 Å². The highest BCUT2D eigenvalue weighted by Crippen LogP contribution is 2.56. The summed E-state index contributed by atoms with van der Waals surface area (Å²) in [6.07, 6.45) is 0.999. The highest BCUT2D eigenvalue weighted by molar-refractivity contribution is 9.10. The van der Waals surface area contributed by atoms with Gasteiger partial charge in [-0.3, -0.25) is 0 Å². The van der Waals surface area contributed by atoms with Crippen LogP contribution in [0.5, 0.6) is 0 Å². The van der Waals surface area contributed by atoms with Crippen LogP contribution in [0.2, 0.25) is 0 Å². The Morgan fingerprint density at radius 2 is 2.15 bits per heavy atom. The molecular weight excluding hydrogens is 226 g/mol. The van der Waals surface area contributed by atoms with Crippen molar-refractivity contribution in [1.29, 1.82) is 0 Å². The van der Waals surface area contributed by atoms with Gasteiger partial charge in [-0.1, -0.05) is 35.0 Å². The zero-order valence-electron chi connectivity index (χ0n) is 7.42. The van der Waals surface area contributed by atoms with Crippen LogP contribution in [0.25, 0.3) is 4.85 Å². The van der Waals surface area contributed by atoms with E-state index in [4.69, 9.17) is 6.57 Å². The lowest BCUT2D eigenvalue weighted by atomic mass is 10.0. The van der Waals surface area contributed by atoms with Gasteiger partial charge in [0.2, 0.25) is 0 Å². The van der Waals surface area contributed by atoms with Crippen LogP contribution in [0.3, 0.4) is 0 Å². The van der Waals surface area contributed by atoms with Gasteiger partial charge in [0, 0.05) is 16.8 Å². The third kappa shape index (κ3) is 1.19. The summed E-state index contributed by atoms with van der Waals surface area (Å²) in [4.78, 5) is 3.76. The Balaban J connectivity index is 2.48. The van der Waals surface area contributed by atoms with Crippen molar-refractivity contribution >= 4 is 15.9 Å². The van der Waals surface area contributed by atoms with Crippen LogP contribution in [-0.2, 0) is 5.54 Å². The van der Waals surface area contributed by atoms with E-state index in [1.54, 1.807) is 0 Å². The predicted octanol–water partition coefficient (Wildman–Crippen LogP) is 3.60. The first-order chi connectivity index (χ1) is 6.20. The summed E-state index contributed by atoms with van der Waals surface area (Å²) < 4.78 is 1.07. The Bertz CT molecular complexity index is 380. The fourth-order valence-electron chi connectivity index (χ4n) is 1.81. The largest absolute Gasteiger partial charge is 0.305 e. The van der Waals surface area contributed by atoms with Gasteiger partial charge in [-0.2, -0.15) is 0 Å². The zero-order chi connectivity index (χ0) is 9.47. The van der Waals surface area contributed by atoms with E-state index in [1.807, 2.05) is 24.3 Å². The maximum Gasteiger partial charge on any atom is 0.262 e. The lowest BCUT2D eigenvalue weighted by Crippen LogP contribution is -2.03. The molecule has 0 aromatic heterocycles. The van der Waals surface area contributed by atoms with Gasteiger partial charge in [-0.25, -0.2) is 6.57 Å². The van der Waals surface area contributed by atoms with E-state index >= 15 is 0 Å². The molecule has 1 nitrogen and oxygen atoms in total. The zero-order valence-corrected chi connectivity index (χ0v) is 9.01. The molecule has 1 fully saturated rings. The number of hydrogen-bond donors (Lipinski definition) is 0. The molecule has 0 amide bonds. The maximum atomic E-state index is 7.24. The second-order valence-corrected chi connectivity index (χ2v) is 4.48. The van der Waals surface area contributed by atoms with Gasteiger partial charge in [-0.15, -0.1) is 0 Å². The van der Waals surface area contributed by atoms with Crippen molar-refractivity contribution in [2.45, 2.75) is 18.9 Å². The molecule has 0 N–H and O–H groups in total. The van der Waals surface area contributed by atoms with Gasteiger partial charge in [0.15, 0.2) is 0 Å². The molecule has 1 aromatic rings.